The van der Waals surface area contributed by atoms with Crippen LogP contribution in [0.3, 0.4) is 0 Å². The Balaban J connectivity index is 1.95. The number of hydrogen-bond donors (Lipinski definition) is 2. The maximum absolute atomic E-state index is 11.8. The second-order valence-electron chi connectivity index (χ2n) is 4.47. The minimum absolute atomic E-state index is 0.569. The van der Waals surface area contributed by atoms with Crippen LogP contribution in [0.5, 0.6) is 0 Å². The van der Waals surface area contributed by atoms with Gasteiger partial charge >= 0.3 is 11.8 Å². The molecule has 5 heteroatoms. The van der Waals surface area contributed by atoms with Crippen LogP contribution >= 0.6 is 15.9 Å². The first-order valence-electron chi connectivity index (χ1n) is 6.55. The van der Waals surface area contributed by atoms with Crippen LogP contribution in [0.4, 0.5) is 11.4 Å². The van der Waals surface area contributed by atoms with Gasteiger partial charge in [-0.15, -0.1) is 0 Å². The Hall–Kier alpha value is -2.14. The van der Waals surface area contributed by atoms with Crippen molar-refractivity contribution in [2.24, 2.45) is 0 Å². The topological polar surface area (TPSA) is 58.2 Å². The van der Waals surface area contributed by atoms with Crippen LogP contribution in [-0.4, -0.2) is 11.8 Å². The summed E-state index contributed by atoms with van der Waals surface area (Å²) in [5.41, 5.74) is 2.34. The van der Waals surface area contributed by atoms with E-state index in [1.165, 1.54) is 5.56 Å². The molecular weight excluding hydrogens is 332 g/mol. The Morgan fingerprint density at radius 1 is 0.857 bits per heavy atom. The highest BCUT2D eigenvalue weighted by molar-refractivity contribution is 9.10. The first-order valence-corrected chi connectivity index (χ1v) is 7.34. The van der Waals surface area contributed by atoms with Gasteiger partial charge in [0.05, 0.1) is 0 Å². The maximum atomic E-state index is 11.8. The number of aryl methyl sites for hydroxylation is 1. The molecule has 0 fully saturated rings. The summed E-state index contributed by atoms with van der Waals surface area (Å²) in [7, 11) is 0. The second-order valence-corrected chi connectivity index (χ2v) is 5.38. The zero-order valence-corrected chi connectivity index (χ0v) is 13.1. The van der Waals surface area contributed by atoms with Crippen LogP contribution in [-0.2, 0) is 16.0 Å². The fourth-order valence-electron chi connectivity index (χ4n) is 1.73. The molecule has 0 atom stereocenters. The van der Waals surface area contributed by atoms with Gasteiger partial charge in [0.15, 0.2) is 0 Å². The normalized spacial score (nSPS) is 10.0. The predicted molar refractivity (Wildman–Crippen MR) is 87.2 cm³/mol. The molecule has 2 N–H and O–H groups in total. The molecule has 4 nitrogen and oxygen atoms in total. The maximum Gasteiger partial charge on any atom is 0.314 e. The third kappa shape index (κ3) is 4.43. The van der Waals surface area contributed by atoms with Crippen molar-refractivity contribution in [3.63, 3.8) is 0 Å². The van der Waals surface area contributed by atoms with E-state index in [2.05, 4.69) is 33.5 Å². The number of carbonyl (C=O) groups is 2. The molecule has 2 amide bonds. The van der Waals surface area contributed by atoms with Gasteiger partial charge in [0.2, 0.25) is 0 Å². The fourth-order valence-corrected chi connectivity index (χ4v) is 2.00. The van der Waals surface area contributed by atoms with Crippen LogP contribution in [0.1, 0.15) is 12.5 Å². The van der Waals surface area contributed by atoms with Gasteiger partial charge in [-0.1, -0.05) is 35.0 Å². The third-order valence-corrected chi connectivity index (χ3v) is 3.46. The van der Waals surface area contributed by atoms with Gasteiger partial charge in [-0.25, -0.2) is 0 Å². The lowest BCUT2D eigenvalue weighted by Gasteiger charge is -2.07. The second kappa shape index (κ2) is 7.04. The highest BCUT2D eigenvalue weighted by Crippen LogP contribution is 2.14. The first kappa shape index (κ1) is 15.3. The molecule has 0 saturated carbocycles. The van der Waals surface area contributed by atoms with Crippen molar-refractivity contribution < 1.29 is 9.59 Å². The van der Waals surface area contributed by atoms with E-state index in [1.54, 1.807) is 36.4 Å². The van der Waals surface area contributed by atoms with E-state index in [0.29, 0.717) is 11.4 Å². The average molecular weight is 347 g/mol. The molecule has 0 bridgehead atoms. The lowest BCUT2D eigenvalue weighted by molar-refractivity contribution is -0.132. The quantitative estimate of drug-likeness (QED) is 0.834. The van der Waals surface area contributed by atoms with Crippen LogP contribution in [0.2, 0.25) is 0 Å². The van der Waals surface area contributed by atoms with Crippen molar-refractivity contribution in [2.75, 3.05) is 10.6 Å². The molecule has 108 valence electrons. The molecule has 2 aromatic rings. The standard InChI is InChI=1S/C16H15BrN2O2/c1-2-11-3-7-13(8-4-11)18-15(20)16(21)19-14-9-5-12(17)6-10-14/h3-10H,2H2,1H3,(H,18,20)(H,19,21). The lowest BCUT2D eigenvalue weighted by atomic mass is 10.1. The number of hydrogen-bond acceptors (Lipinski definition) is 2. The van der Waals surface area contributed by atoms with E-state index in [9.17, 15) is 9.59 Å². The summed E-state index contributed by atoms with van der Waals surface area (Å²) in [4.78, 5) is 23.6. The van der Waals surface area contributed by atoms with Crippen LogP contribution < -0.4 is 10.6 Å². The van der Waals surface area contributed by atoms with Crippen molar-refractivity contribution in [1.29, 1.82) is 0 Å². The van der Waals surface area contributed by atoms with E-state index in [-0.39, 0.29) is 0 Å². The molecule has 0 heterocycles. The van der Waals surface area contributed by atoms with Crippen LogP contribution in [0.15, 0.2) is 53.0 Å². The average Bonchev–Trinajstić information content (AvgIpc) is 2.50. The highest BCUT2D eigenvalue weighted by atomic mass is 79.9. The lowest BCUT2D eigenvalue weighted by Crippen LogP contribution is -2.29. The molecule has 0 spiro atoms. The smallest absolute Gasteiger partial charge is 0.314 e. The van der Waals surface area contributed by atoms with Gasteiger partial charge in [0.25, 0.3) is 0 Å². The van der Waals surface area contributed by atoms with Crippen LogP contribution in [0, 0.1) is 0 Å². The van der Waals surface area contributed by atoms with Crippen molar-refractivity contribution >= 4 is 39.1 Å². The molecule has 21 heavy (non-hydrogen) atoms. The molecule has 2 aromatic carbocycles. The zero-order chi connectivity index (χ0) is 15.2. The van der Waals surface area contributed by atoms with Crippen molar-refractivity contribution in [1.82, 2.24) is 0 Å². The minimum atomic E-state index is -0.697. The summed E-state index contributed by atoms with van der Waals surface area (Å²) in [6.07, 6.45) is 0.929. The van der Waals surface area contributed by atoms with Gasteiger partial charge in [-0.05, 0) is 48.4 Å². The molecule has 0 aliphatic heterocycles. The Labute approximate surface area is 131 Å². The molecule has 0 aliphatic rings. The summed E-state index contributed by atoms with van der Waals surface area (Å²) in [6, 6.07) is 14.4. The molecule has 2 rings (SSSR count). The Kier molecular flexibility index (Phi) is 5.11. The summed E-state index contributed by atoms with van der Waals surface area (Å²) < 4.78 is 0.904. The van der Waals surface area contributed by atoms with E-state index in [1.807, 2.05) is 12.1 Å². The number of nitrogens with one attached hydrogen (secondary N) is 2. The number of amides is 2. The molecule has 0 unspecified atom stereocenters. The first-order chi connectivity index (χ1) is 10.1. The SMILES string of the molecule is CCc1ccc(NC(=O)C(=O)Nc2ccc(Br)cc2)cc1. The van der Waals surface area contributed by atoms with Crippen molar-refractivity contribution in [3.05, 3.63) is 58.6 Å². The predicted octanol–water partition coefficient (Wildman–Crippen LogP) is 3.59. The number of halogens is 1. The van der Waals surface area contributed by atoms with E-state index < -0.39 is 11.8 Å². The van der Waals surface area contributed by atoms with Crippen molar-refractivity contribution in [3.8, 4) is 0 Å². The van der Waals surface area contributed by atoms with Crippen molar-refractivity contribution in [2.45, 2.75) is 13.3 Å². The molecular formula is C16H15BrN2O2. The molecule has 0 radical (unpaired) electrons. The number of benzene rings is 2. The molecule has 0 aliphatic carbocycles. The van der Waals surface area contributed by atoms with E-state index >= 15 is 0 Å². The number of carbonyl (C=O) groups excluding carboxylic acids is 2. The van der Waals surface area contributed by atoms with Gasteiger partial charge in [-0.2, -0.15) is 0 Å². The fraction of sp³-hybridized carbons (Fsp3) is 0.125. The third-order valence-electron chi connectivity index (χ3n) is 2.93. The van der Waals surface area contributed by atoms with Gasteiger partial charge in [0.1, 0.15) is 0 Å². The Morgan fingerprint density at radius 3 is 1.71 bits per heavy atom. The van der Waals surface area contributed by atoms with E-state index in [0.717, 1.165) is 10.9 Å². The van der Waals surface area contributed by atoms with Gasteiger partial charge in [-0.3, -0.25) is 9.59 Å². The Morgan fingerprint density at radius 2 is 1.29 bits per heavy atom. The Bertz CT molecular complexity index is 636. The molecule has 0 saturated heterocycles. The summed E-state index contributed by atoms with van der Waals surface area (Å²) in [6.45, 7) is 2.05. The monoisotopic (exact) mass is 346 g/mol. The highest BCUT2D eigenvalue weighted by Gasteiger charge is 2.13. The zero-order valence-electron chi connectivity index (χ0n) is 11.5. The van der Waals surface area contributed by atoms with Gasteiger partial charge in [0, 0.05) is 15.8 Å². The van der Waals surface area contributed by atoms with Gasteiger partial charge < -0.3 is 10.6 Å². The summed E-state index contributed by atoms with van der Waals surface area (Å²) >= 11 is 3.30. The molecule has 0 aromatic heterocycles. The largest absolute Gasteiger partial charge is 0.318 e. The minimum Gasteiger partial charge on any atom is -0.318 e. The number of rotatable bonds is 3. The number of anilines is 2. The summed E-state index contributed by atoms with van der Waals surface area (Å²) in [5.74, 6) is -1.39. The van der Waals surface area contributed by atoms with Crippen LogP contribution in [0.25, 0.3) is 0 Å². The summed E-state index contributed by atoms with van der Waals surface area (Å²) in [5, 5.41) is 5.10. The van der Waals surface area contributed by atoms with E-state index in [4.69, 9.17) is 0 Å².